The monoisotopic (exact) mass is 382 g/mol. The first-order valence-electron chi connectivity index (χ1n) is 8.52. The Kier molecular flexibility index (Phi) is 7.63. The van der Waals surface area contributed by atoms with E-state index in [9.17, 15) is 19.5 Å². The number of halogens is 1. The Hall–Kier alpha value is -2.08. The van der Waals surface area contributed by atoms with Crippen LogP contribution in [-0.2, 0) is 9.59 Å². The molecule has 3 N–H and O–H groups in total. The molecular formula is C19H27ClN2O4. The maximum Gasteiger partial charge on any atom is 0.326 e. The molecule has 0 spiro atoms. The average Bonchev–Trinajstić information content (AvgIpc) is 2.45. The number of anilines is 1. The lowest BCUT2D eigenvalue weighted by Gasteiger charge is -2.18. The van der Waals surface area contributed by atoms with E-state index in [0.29, 0.717) is 18.5 Å². The van der Waals surface area contributed by atoms with E-state index in [2.05, 4.69) is 10.6 Å². The predicted molar refractivity (Wildman–Crippen MR) is 102 cm³/mol. The van der Waals surface area contributed by atoms with Gasteiger partial charge in [0.2, 0.25) is 5.91 Å². The van der Waals surface area contributed by atoms with Crippen molar-refractivity contribution in [3.05, 3.63) is 28.8 Å². The van der Waals surface area contributed by atoms with Gasteiger partial charge in [-0.3, -0.25) is 9.59 Å². The number of benzene rings is 1. The van der Waals surface area contributed by atoms with Crippen molar-refractivity contribution >= 4 is 35.1 Å². The molecule has 1 atom stereocenters. The molecule has 0 bridgehead atoms. The topological polar surface area (TPSA) is 95.5 Å². The molecule has 1 unspecified atom stereocenters. The lowest BCUT2D eigenvalue weighted by molar-refractivity contribution is -0.139. The largest absolute Gasteiger partial charge is 0.480 e. The fraction of sp³-hybridized carbons (Fsp3) is 0.526. The third kappa shape index (κ3) is 7.44. The van der Waals surface area contributed by atoms with Crippen molar-refractivity contribution in [2.75, 3.05) is 5.32 Å². The van der Waals surface area contributed by atoms with E-state index in [1.165, 1.54) is 12.1 Å². The SMILES string of the molecule is CC(C)CC(NC(=O)c1cc(NC(=O)CC(C)(C)C)ccc1Cl)C(=O)O. The Labute approximate surface area is 159 Å². The predicted octanol–water partition coefficient (Wildman–Crippen LogP) is 3.94. The van der Waals surface area contributed by atoms with Gasteiger partial charge < -0.3 is 15.7 Å². The van der Waals surface area contributed by atoms with Crippen molar-refractivity contribution in [1.82, 2.24) is 5.32 Å². The van der Waals surface area contributed by atoms with Crippen LogP contribution in [0.3, 0.4) is 0 Å². The second-order valence-electron chi connectivity index (χ2n) is 7.97. The van der Waals surface area contributed by atoms with Gasteiger partial charge in [-0.25, -0.2) is 4.79 Å². The van der Waals surface area contributed by atoms with E-state index in [4.69, 9.17) is 11.6 Å². The van der Waals surface area contributed by atoms with Gasteiger partial charge in [0.15, 0.2) is 0 Å². The third-order valence-corrected chi connectivity index (χ3v) is 3.83. The second kappa shape index (κ2) is 9.03. The van der Waals surface area contributed by atoms with E-state index >= 15 is 0 Å². The number of hydrogen-bond donors (Lipinski definition) is 3. The van der Waals surface area contributed by atoms with E-state index < -0.39 is 17.9 Å². The minimum absolute atomic E-state index is 0.106. The van der Waals surface area contributed by atoms with E-state index in [1.807, 2.05) is 34.6 Å². The van der Waals surface area contributed by atoms with Crippen molar-refractivity contribution in [3.8, 4) is 0 Å². The highest BCUT2D eigenvalue weighted by atomic mass is 35.5. The van der Waals surface area contributed by atoms with E-state index in [1.54, 1.807) is 6.07 Å². The molecule has 144 valence electrons. The smallest absolute Gasteiger partial charge is 0.326 e. The van der Waals surface area contributed by atoms with Crippen molar-refractivity contribution in [1.29, 1.82) is 0 Å². The molecule has 0 aliphatic carbocycles. The number of carbonyl (C=O) groups is 3. The first-order valence-corrected chi connectivity index (χ1v) is 8.90. The highest BCUT2D eigenvalue weighted by Gasteiger charge is 2.23. The summed E-state index contributed by atoms with van der Waals surface area (Å²) in [5, 5.41) is 14.7. The Morgan fingerprint density at radius 3 is 2.31 bits per heavy atom. The molecule has 0 fully saturated rings. The maximum atomic E-state index is 12.5. The molecular weight excluding hydrogens is 356 g/mol. The Morgan fingerprint density at radius 2 is 1.81 bits per heavy atom. The molecule has 0 saturated carbocycles. The summed E-state index contributed by atoms with van der Waals surface area (Å²) in [7, 11) is 0. The van der Waals surface area contributed by atoms with Crippen LogP contribution in [0.2, 0.25) is 5.02 Å². The number of carboxylic acids is 1. The molecule has 1 rings (SSSR count). The zero-order chi connectivity index (χ0) is 20.1. The number of carboxylic acid groups (broad SMARTS) is 1. The van der Waals surface area contributed by atoms with Gasteiger partial charge in [-0.15, -0.1) is 0 Å². The number of rotatable bonds is 7. The van der Waals surface area contributed by atoms with Crippen LogP contribution in [0.5, 0.6) is 0 Å². The van der Waals surface area contributed by atoms with Crippen molar-refractivity contribution in [3.63, 3.8) is 0 Å². The van der Waals surface area contributed by atoms with Crippen molar-refractivity contribution in [2.24, 2.45) is 11.3 Å². The lowest BCUT2D eigenvalue weighted by Crippen LogP contribution is -2.41. The van der Waals surface area contributed by atoms with Gasteiger partial charge in [-0.2, -0.15) is 0 Å². The molecule has 1 aromatic carbocycles. The minimum atomic E-state index is -1.10. The van der Waals surface area contributed by atoms with Gasteiger partial charge in [0.1, 0.15) is 6.04 Å². The van der Waals surface area contributed by atoms with Gasteiger partial charge in [-0.05, 0) is 36.0 Å². The van der Waals surface area contributed by atoms with Crippen LogP contribution in [-0.4, -0.2) is 28.9 Å². The minimum Gasteiger partial charge on any atom is -0.480 e. The van der Waals surface area contributed by atoms with Gasteiger partial charge >= 0.3 is 5.97 Å². The lowest BCUT2D eigenvalue weighted by atomic mass is 9.92. The zero-order valence-electron chi connectivity index (χ0n) is 15.9. The summed E-state index contributed by atoms with van der Waals surface area (Å²) in [6.45, 7) is 9.61. The Bertz CT molecular complexity index is 681. The molecule has 0 radical (unpaired) electrons. The van der Waals surface area contributed by atoms with Crippen LogP contribution in [0.25, 0.3) is 0 Å². The quantitative estimate of drug-likeness (QED) is 0.665. The normalized spacial score (nSPS) is 12.6. The fourth-order valence-electron chi connectivity index (χ4n) is 2.39. The van der Waals surface area contributed by atoms with Crippen molar-refractivity contribution in [2.45, 2.75) is 53.5 Å². The molecule has 0 aliphatic heterocycles. The molecule has 2 amide bonds. The Morgan fingerprint density at radius 1 is 1.19 bits per heavy atom. The van der Waals surface area contributed by atoms with Crippen LogP contribution in [0.1, 0.15) is 57.8 Å². The molecule has 0 saturated heterocycles. The number of amides is 2. The number of carbonyl (C=O) groups excluding carboxylic acids is 2. The average molecular weight is 383 g/mol. The first-order chi connectivity index (χ1) is 11.9. The highest BCUT2D eigenvalue weighted by molar-refractivity contribution is 6.34. The van der Waals surface area contributed by atoms with E-state index in [0.717, 1.165) is 0 Å². The molecule has 6 nitrogen and oxygen atoms in total. The van der Waals surface area contributed by atoms with Crippen LogP contribution in [0.15, 0.2) is 18.2 Å². The van der Waals surface area contributed by atoms with Crippen LogP contribution in [0.4, 0.5) is 5.69 Å². The van der Waals surface area contributed by atoms with Crippen molar-refractivity contribution < 1.29 is 19.5 Å². The highest BCUT2D eigenvalue weighted by Crippen LogP contribution is 2.23. The summed E-state index contributed by atoms with van der Waals surface area (Å²) in [6.07, 6.45) is 0.632. The standard InChI is InChI=1S/C19H27ClN2O4/c1-11(2)8-15(18(25)26)22-17(24)13-9-12(6-7-14(13)20)21-16(23)10-19(3,4)5/h6-7,9,11,15H,8,10H2,1-5H3,(H,21,23)(H,22,24)(H,25,26). The number of nitrogens with one attached hydrogen (secondary N) is 2. The van der Waals surface area contributed by atoms with Gasteiger partial charge in [0, 0.05) is 12.1 Å². The van der Waals surface area contributed by atoms with Crippen LogP contribution in [0, 0.1) is 11.3 Å². The molecule has 1 aromatic rings. The van der Waals surface area contributed by atoms with E-state index in [-0.39, 0.29) is 27.8 Å². The fourth-order valence-corrected chi connectivity index (χ4v) is 2.60. The van der Waals surface area contributed by atoms with Gasteiger partial charge in [-0.1, -0.05) is 46.2 Å². The molecule has 0 aliphatic rings. The van der Waals surface area contributed by atoms with Crippen LogP contribution >= 0.6 is 11.6 Å². The third-order valence-electron chi connectivity index (χ3n) is 3.50. The summed E-state index contributed by atoms with van der Waals surface area (Å²) < 4.78 is 0. The summed E-state index contributed by atoms with van der Waals surface area (Å²) in [4.78, 5) is 35.8. The maximum absolute atomic E-state index is 12.5. The molecule has 7 heteroatoms. The van der Waals surface area contributed by atoms with Crippen LogP contribution < -0.4 is 10.6 Å². The van der Waals surface area contributed by atoms with Gasteiger partial charge in [0.25, 0.3) is 5.91 Å². The molecule has 26 heavy (non-hydrogen) atoms. The Balaban J connectivity index is 2.93. The first kappa shape index (κ1) is 22.0. The summed E-state index contributed by atoms with van der Waals surface area (Å²) in [6, 6.07) is 3.55. The second-order valence-corrected chi connectivity index (χ2v) is 8.38. The number of aliphatic carboxylic acids is 1. The van der Waals surface area contributed by atoms with Gasteiger partial charge in [0.05, 0.1) is 10.6 Å². The zero-order valence-corrected chi connectivity index (χ0v) is 16.6. The molecule has 0 aromatic heterocycles. The summed E-state index contributed by atoms with van der Waals surface area (Å²) >= 11 is 6.08. The summed E-state index contributed by atoms with van der Waals surface area (Å²) in [5.41, 5.74) is 0.391. The molecule has 0 heterocycles. The summed E-state index contributed by atoms with van der Waals surface area (Å²) in [5.74, 6) is -1.75. The number of hydrogen-bond acceptors (Lipinski definition) is 3.